The Bertz CT molecular complexity index is 786. The second-order valence-corrected chi connectivity index (χ2v) is 6.22. The molecular weight excluding hydrogens is 318 g/mol. The number of nitrogens with zero attached hydrogens (tertiary/aromatic N) is 3. The Hall–Kier alpha value is -2.47. The standard InChI is InChI=1S/C19H23N3O3/c1-25-12-11-22-19(24)13-16-14-21(10-9-17(16)20-22)18(23)8-7-15-5-3-2-4-6-15/h2-6,13H,7-12,14H2,1H3. The summed E-state index contributed by atoms with van der Waals surface area (Å²) in [6, 6.07) is 11.6. The maximum Gasteiger partial charge on any atom is 0.267 e. The Morgan fingerprint density at radius 3 is 2.84 bits per heavy atom. The molecule has 0 atom stereocenters. The molecule has 0 saturated carbocycles. The number of carbonyl (C=O) groups is 1. The van der Waals surface area contributed by atoms with E-state index < -0.39 is 0 Å². The lowest BCUT2D eigenvalue weighted by atomic mass is 10.0. The minimum atomic E-state index is -0.144. The summed E-state index contributed by atoms with van der Waals surface area (Å²) in [7, 11) is 1.60. The van der Waals surface area contributed by atoms with Crippen molar-refractivity contribution in [3.8, 4) is 0 Å². The fourth-order valence-corrected chi connectivity index (χ4v) is 3.04. The molecule has 0 radical (unpaired) electrons. The van der Waals surface area contributed by atoms with Crippen molar-refractivity contribution < 1.29 is 9.53 Å². The van der Waals surface area contributed by atoms with Gasteiger partial charge in [0.1, 0.15) is 0 Å². The number of amides is 1. The molecule has 2 aromatic rings. The minimum Gasteiger partial charge on any atom is -0.383 e. The van der Waals surface area contributed by atoms with Crippen molar-refractivity contribution in [3.05, 3.63) is 63.6 Å². The normalized spacial score (nSPS) is 13.6. The number of aryl methyl sites for hydroxylation is 1. The predicted octanol–water partition coefficient (Wildman–Crippen LogP) is 1.41. The van der Waals surface area contributed by atoms with Crippen LogP contribution in [0.2, 0.25) is 0 Å². The summed E-state index contributed by atoms with van der Waals surface area (Å²) < 4.78 is 6.44. The zero-order valence-electron chi connectivity index (χ0n) is 14.5. The van der Waals surface area contributed by atoms with E-state index in [9.17, 15) is 9.59 Å². The van der Waals surface area contributed by atoms with Gasteiger partial charge in [-0.15, -0.1) is 0 Å². The monoisotopic (exact) mass is 341 g/mol. The molecule has 132 valence electrons. The molecule has 6 nitrogen and oxygen atoms in total. The molecule has 0 spiro atoms. The van der Waals surface area contributed by atoms with E-state index in [0.29, 0.717) is 39.1 Å². The van der Waals surface area contributed by atoms with Gasteiger partial charge in [0.05, 0.1) is 18.8 Å². The van der Waals surface area contributed by atoms with E-state index in [-0.39, 0.29) is 11.5 Å². The van der Waals surface area contributed by atoms with Gasteiger partial charge in [-0.3, -0.25) is 9.59 Å². The van der Waals surface area contributed by atoms with Gasteiger partial charge in [-0.05, 0) is 12.0 Å². The summed E-state index contributed by atoms with van der Waals surface area (Å²) in [4.78, 5) is 26.4. The number of methoxy groups -OCH3 is 1. The van der Waals surface area contributed by atoms with E-state index in [1.165, 1.54) is 4.68 Å². The Balaban J connectivity index is 1.63. The SMILES string of the molecule is COCCn1nc2c(cc1=O)CN(C(=O)CCc1ccccc1)CC2. The molecule has 1 aliphatic heterocycles. The van der Waals surface area contributed by atoms with E-state index in [1.807, 2.05) is 35.2 Å². The van der Waals surface area contributed by atoms with Gasteiger partial charge in [0.15, 0.2) is 0 Å². The van der Waals surface area contributed by atoms with Crippen molar-refractivity contribution in [1.82, 2.24) is 14.7 Å². The average molecular weight is 341 g/mol. The fourth-order valence-electron chi connectivity index (χ4n) is 3.04. The van der Waals surface area contributed by atoms with Gasteiger partial charge >= 0.3 is 0 Å². The van der Waals surface area contributed by atoms with Crippen LogP contribution in [0.4, 0.5) is 0 Å². The van der Waals surface area contributed by atoms with Crippen molar-refractivity contribution in [1.29, 1.82) is 0 Å². The number of carbonyl (C=O) groups excluding carboxylic acids is 1. The molecule has 6 heteroatoms. The largest absolute Gasteiger partial charge is 0.383 e. The molecular formula is C19H23N3O3. The molecule has 3 rings (SSSR count). The van der Waals surface area contributed by atoms with Crippen molar-refractivity contribution in [2.45, 2.75) is 32.4 Å². The summed E-state index contributed by atoms with van der Waals surface area (Å²) in [6.45, 7) is 2.02. The summed E-state index contributed by atoms with van der Waals surface area (Å²) >= 11 is 0. The number of hydrogen-bond donors (Lipinski definition) is 0. The zero-order chi connectivity index (χ0) is 17.6. The van der Waals surface area contributed by atoms with E-state index >= 15 is 0 Å². The third-order valence-corrected chi connectivity index (χ3v) is 4.47. The number of aromatic nitrogens is 2. The second-order valence-electron chi connectivity index (χ2n) is 6.22. The van der Waals surface area contributed by atoms with Crippen LogP contribution in [-0.2, 0) is 35.5 Å². The average Bonchev–Trinajstić information content (AvgIpc) is 2.64. The van der Waals surface area contributed by atoms with Gasteiger partial charge in [-0.2, -0.15) is 5.10 Å². The molecule has 0 aliphatic carbocycles. The summed E-state index contributed by atoms with van der Waals surface area (Å²) in [5.41, 5.74) is 2.78. The number of fused-ring (bicyclic) bond motifs is 1. The number of rotatable bonds is 6. The van der Waals surface area contributed by atoms with Crippen LogP contribution in [0.1, 0.15) is 23.2 Å². The quantitative estimate of drug-likeness (QED) is 0.797. The van der Waals surface area contributed by atoms with Gasteiger partial charge in [-0.1, -0.05) is 30.3 Å². The summed E-state index contributed by atoms with van der Waals surface area (Å²) in [5.74, 6) is 0.123. The van der Waals surface area contributed by atoms with Gasteiger partial charge in [-0.25, -0.2) is 4.68 Å². The Kier molecular flexibility index (Phi) is 5.60. The topological polar surface area (TPSA) is 64.4 Å². The number of benzene rings is 1. The van der Waals surface area contributed by atoms with Crippen LogP contribution >= 0.6 is 0 Å². The van der Waals surface area contributed by atoms with Gasteiger partial charge < -0.3 is 9.64 Å². The Morgan fingerprint density at radius 1 is 1.28 bits per heavy atom. The van der Waals surface area contributed by atoms with Crippen molar-refractivity contribution >= 4 is 5.91 Å². The molecule has 0 N–H and O–H groups in total. The third kappa shape index (κ3) is 4.33. The number of ether oxygens (including phenoxy) is 1. The highest BCUT2D eigenvalue weighted by Crippen LogP contribution is 2.16. The van der Waals surface area contributed by atoms with Crippen molar-refractivity contribution in [3.63, 3.8) is 0 Å². The first kappa shape index (κ1) is 17.4. The summed E-state index contributed by atoms with van der Waals surface area (Å²) in [5, 5.41) is 4.42. The van der Waals surface area contributed by atoms with Gasteiger partial charge in [0, 0.05) is 44.7 Å². The summed E-state index contributed by atoms with van der Waals surface area (Å²) in [6.07, 6.45) is 1.90. The maximum atomic E-state index is 12.5. The van der Waals surface area contributed by atoms with Crippen LogP contribution in [0.15, 0.2) is 41.2 Å². The van der Waals surface area contributed by atoms with Crippen LogP contribution in [-0.4, -0.2) is 40.8 Å². The molecule has 0 unspecified atom stereocenters. The second kappa shape index (κ2) is 8.07. The molecule has 1 aliphatic rings. The first-order valence-corrected chi connectivity index (χ1v) is 8.58. The highest BCUT2D eigenvalue weighted by atomic mass is 16.5. The van der Waals surface area contributed by atoms with Crippen molar-refractivity contribution in [2.24, 2.45) is 0 Å². The third-order valence-electron chi connectivity index (χ3n) is 4.47. The van der Waals surface area contributed by atoms with Crippen LogP contribution in [0.5, 0.6) is 0 Å². The van der Waals surface area contributed by atoms with E-state index in [4.69, 9.17) is 4.74 Å². The lowest BCUT2D eigenvalue weighted by molar-refractivity contribution is -0.132. The van der Waals surface area contributed by atoms with Crippen LogP contribution in [0.25, 0.3) is 0 Å². The van der Waals surface area contributed by atoms with Crippen LogP contribution in [0, 0.1) is 0 Å². The Morgan fingerprint density at radius 2 is 2.08 bits per heavy atom. The lowest BCUT2D eigenvalue weighted by Crippen LogP contribution is -2.38. The maximum absolute atomic E-state index is 12.5. The van der Waals surface area contributed by atoms with Crippen molar-refractivity contribution in [2.75, 3.05) is 20.3 Å². The lowest BCUT2D eigenvalue weighted by Gasteiger charge is -2.28. The minimum absolute atomic E-state index is 0.123. The molecule has 1 aromatic carbocycles. The zero-order valence-corrected chi connectivity index (χ0v) is 14.5. The van der Waals surface area contributed by atoms with E-state index in [2.05, 4.69) is 5.10 Å². The predicted molar refractivity (Wildman–Crippen MR) is 94.3 cm³/mol. The molecule has 0 bridgehead atoms. The molecule has 25 heavy (non-hydrogen) atoms. The van der Waals surface area contributed by atoms with E-state index in [0.717, 1.165) is 23.2 Å². The molecule has 1 aromatic heterocycles. The fraction of sp³-hybridized carbons (Fsp3) is 0.421. The molecule has 0 fully saturated rings. The molecule has 0 saturated heterocycles. The first-order chi connectivity index (χ1) is 12.2. The van der Waals surface area contributed by atoms with Gasteiger partial charge in [0.2, 0.25) is 5.91 Å². The Labute approximate surface area is 147 Å². The highest BCUT2D eigenvalue weighted by molar-refractivity contribution is 5.76. The molecule has 2 heterocycles. The first-order valence-electron chi connectivity index (χ1n) is 8.58. The van der Waals surface area contributed by atoms with Gasteiger partial charge in [0.25, 0.3) is 5.56 Å². The van der Waals surface area contributed by atoms with Crippen LogP contribution in [0.3, 0.4) is 0 Å². The van der Waals surface area contributed by atoms with Crippen LogP contribution < -0.4 is 5.56 Å². The van der Waals surface area contributed by atoms with E-state index in [1.54, 1.807) is 13.2 Å². The number of hydrogen-bond acceptors (Lipinski definition) is 4. The highest BCUT2D eigenvalue weighted by Gasteiger charge is 2.22. The molecule has 1 amide bonds. The smallest absolute Gasteiger partial charge is 0.267 e.